The van der Waals surface area contributed by atoms with Gasteiger partial charge in [0.1, 0.15) is 5.60 Å². The number of alkyl carbamates (subject to hydrolysis) is 1. The largest absolute Gasteiger partial charge is 0.444 e. The standard InChI is InChI=1S/C22H35N5O3/c1-22(2,3)30-21(29)25-13-7-12-24-20(23-4)26-15-16-8-5-11-18(14-16)27-19(28)17-9-6-10-17/h5,8,11,14,17H,6-7,9-10,12-13,15H2,1-4H3,(H,25,29)(H,27,28)(H2,23,24,26). The highest BCUT2D eigenvalue weighted by Gasteiger charge is 2.25. The molecule has 0 unspecified atom stereocenters. The monoisotopic (exact) mass is 417 g/mol. The molecule has 8 nitrogen and oxygen atoms in total. The zero-order chi connectivity index (χ0) is 22.0. The number of benzene rings is 1. The number of aliphatic imine (C=N–C) groups is 1. The smallest absolute Gasteiger partial charge is 0.407 e. The first kappa shape index (κ1) is 23.5. The zero-order valence-corrected chi connectivity index (χ0v) is 18.5. The molecular formula is C22H35N5O3. The topological polar surface area (TPSA) is 104 Å². The Labute approximate surface area is 179 Å². The Balaban J connectivity index is 1.67. The second kappa shape index (κ2) is 11.4. The van der Waals surface area contributed by atoms with Gasteiger partial charge in [-0.05, 0) is 57.7 Å². The van der Waals surface area contributed by atoms with Crippen molar-refractivity contribution in [3.05, 3.63) is 29.8 Å². The summed E-state index contributed by atoms with van der Waals surface area (Å²) in [5, 5.41) is 12.2. The Morgan fingerprint density at radius 3 is 2.50 bits per heavy atom. The van der Waals surface area contributed by atoms with Crippen molar-refractivity contribution in [1.82, 2.24) is 16.0 Å². The van der Waals surface area contributed by atoms with Crippen molar-refractivity contribution >= 4 is 23.6 Å². The van der Waals surface area contributed by atoms with Gasteiger partial charge in [0, 0.05) is 38.3 Å². The molecule has 1 aromatic carbocycles. The Kier molecular flexibility index (Phi) is 8.95. The number of nitrogens with zero attached hydrogens (tertiary/aromatic N) is 1. The van der Waals surface area contributed by atoms with Crippen LogP contribution in [0.25, 0.3) is 0 Å². The van der Waals surface area contributed by atoms with Crippen molar-refractivity contribution < 1.29 is 14.3 Å². The van der Waals surface area contributed by atoms with Crippen LogP contribution in [0.5, 0.6) is 0 Å². The van der Waals surface area contributed by atoms with Crippen molar-refractivity contribution in [2.24, 2.45) is 10.9 Å². The van der Waals surface area contributed by atoms with Crippen molar-refractivity contribution in [3.8, 4) is 0 Å². The lowest BCUT2D eigenvalue weighted by Gasteiger charge is -2.24. The fraction of sp³-hybridized carbons (Fsp3) is 0.591. The number of hydrogen-bond acceptors (Lipinski definition) is 4. The van der Waals surface area contributed by atoms with E-state index in [0.717, 1.165) is 36.9 Å². The molecule has 0 aromatic heterocycles. The molecule has 1 aromatic rings. The van der Waals surface area contributed by atoms with E-state index >= 15 is 0 Å². The van der Waals surface area contributed by atoms with Crippen LogP contribution in [0.2, 0.25) is 0 Å². The number of anilines is 1. The van der Waals surface area contributed by atoms with Gasteiger partial charge in [0.05, 0.1) is 0 Å². The first-order valence-electron chi connectivity index (χ1n) is 10.6. The highest BCUT2D eigenvalue weighted by molar-refractivity contribution is 5.93. The Bertz CT molecular complexity index is 739. The van der Waals surface area contributed by atoms with Gasteiger partial charge >= 0.3 is 6.09 Å². The average Bonchev–Trinajstić information content (AvgIpc) is 2.61. The summed E-state index contributed by atoms with van der Waals surface area (Å²) in [6.45, 7) is 7.27. The zero-order valence-electron chi connectivity index (χ0n) is 18.5. The molecule has 0 bridgehead atoms. The lowest BCUT2D eigenvalue weighted by atomic mass is 9.85. The summed E-state index contributed by atoms with van der Waals surface area (Å²) in [5.41, 5.74) is 1.38. The molecule has 1 aliphatic rings. The van der Waals surface area contributed by atoms with E-state index in [1.54, 1.807) is 7.05 Å². The molecule has 1 aliphatic carbocycles. The lowest BCUT2D eigenvalue weighted by Crippen LogP contribution is -2.39. The summed E-state index contributed by atoms with van der Waals surface area (Å²) in [6.07, 6.45) is 3.45. The Hall–Kier alpha value is -2.77. The Morgan fingerprint density at radius 2 is 1.87 bits per heavy atom. The molecule has 30 heavy (non-hydrogen) atoms. The van der Waals surface area contributed by atoms with Gasteiger partial charge in [-0.1, -0.05) is 18.6 Å². The fourth-order valence-electron chi connectivity index (χ4n) is 2.88. The van der Waals surface area contributed by atoms with E-state index in [-0.39, 0.29) is 11.8 Å². The first-order valence-corrected chi connectivity index (χ1v) is 10.6. The van der Waals surface area contributed by atoms with Gasteiger partial charge < -0.3 is 26.0 Å². The van der Waals surface area contributed by atoms with E-state index in [2.05, 4.69) is 26.3 Å². The summed E-state index contributed by atoms with van der Waals surface area (Å²) in [5.74, 6) is 0.958. The molecule has 0 atom stereocenters. The molecule has 1 fully saturated rings. The fourth-order valence-corrected chi connectivity index (χ4v) is 2.88. The predicted molar refractivity (Wildman–Crippen MR) is 119 cm³/mol. The minimum Gasteiger partial charge on any atom is -0.444 e. The highest BCUT2D eigenvalue weighted by Crippen LogP contribution is 2.27. The van der Waals surface area contributed by atoms with Crippen LogP contribution in [0.3, 0.4) is 0 Å². The molecule has 1 saturated carbocycles. The van der Waals surface area contributed by atoms with Crippen LogP contribution in [0.4, 0.5) is 10.5 Å². The third-order valence-electron chi connectivity index (χ3n) is 4.67. The van der Waals surface area contributed by atoms with Gasteiger partial charge in [-0.2, -0.15) is 0 Å². The van der Waals surface area contributed by atoms with Crippen LogP contribution in [0.1, 0.15) is 52.0 Å². The quantitative estimate of drug-likeness (QED) is 0.296. The second-order valence-electron chi connectivity index (χ2n) is 8.45. The Morgan fingerprint density at radius 1 is 1.13 bits per heavy atom. The van der Waals surface area contributed by atoms with Gasteiger partial charge in [-0.15, -0.1) is 0 Å². The van der Waals surface area contributed by atoms with Gasteiger partial charge in [0.15, 0.2) is 5.96 Å². The van der Waals surface area contributed by atoms with Crippen LogP contribution in [0, 0.1) is 5.92 Å². The average molecular weight is 418 g/mol. The lowest BCUT2D eigenvalue weighted by molar-refractivity contribution is -0.122. The van der Waals surface area contributed by atoms with Crippen LogP contribution >= 0.6 is 0 Å². The SMILES string of the molecule is CN=C(NCCCNC(=O)OC(C)(C)C)NCc1cccc(NC(=O)C2CCC2)c1. The normalized spacial score (nSPS) is 14.5. The molecule has 0 radical (unpaired) electrons. The third-order valence-corrected chi connectivity index (χ3v) is 4.67. The number of amides is 2. The molecule has 0 heterocycles. The predicted octanol–water partition coefficient (Wildman–Crippen LogP) is 3.00. The van der Waals surface area contributed by atoms with Crippen LogP contribution < -0.4 is 21.3 Å². The summed E-state index contributed by atoms with van der Waals surface area (Å²) in [4.78, 5) is 27.9. The van der Waals surface area contributed by atoms with E-state index in [1.807, 2.05) is 45.0 Å². The third kappa shape index (κ3) is 8.71. The number of rotatable bonds is 8. The minimum atomic E-state index is -0.494. The molecule has 4 N–H and O–H groups in total. The van der Waals surface area contributed by atoms with Crippen molar-refractivity contribution in [2.75, 3.05) is 25.5 Å². The van der Waals surface area contributed by atoms with Crippen molar-refractivity contribution in [3.63, 3.8) is 0 Å². The van der Waals surface area contributed by atoms with Crippen LogP contribution in [-0.2, 0) is 16.1 Å². The van der Waals surface area contributed by atoms with Crippen LogP contribution in [0.15, 0.2) is 29.3 Å². The number of ether oxygens (including phenoxy) is 1. The summed E-state index contributed by atoms with van der Waals surface area (Å²) >= 11 is 0. The number of guanidine groups is 1. The van der Waals surface area contributed by atoms with E-state index in [0.29, 0.717) is 25.6 Å². The second-order valence-corrected chi connectivity index (χ2v) is 8.45. The number of carbonyl (C=O) groups excluding carboxylic acids is 2. The maximum absolute atomic E-state index is 12.1. The van der Waals surface area contributed by atoms with Gasteiger partial charge in [0.25, 0.3) is 0 Å². The molecule has 8 heteroatoms. The van der Waals surface area contributed by atoms with E-state index in [4.69, 9.17) is 4.74 Å². The molecule has 2 amide bonds. The number of hydrogen-bond donors (Lipinski definition) is 4. The minimum absolute atomic E-state index is 0.115. The molecule has 166 valence electrons. The maximum atomic E-state index is 12.1. The van der Waals surface area contributed by atoms with E-state index in [9.17, 15) is 9.59 Å². The molecule has 0 aliphatic heterocycles. The molecule has 0 saturated heterocycles. The van der Waals surface area contributed by atoms with Crippen LogP contribution in [-0.4, -0.2) is 43.7 Å². The van der Waals surface area contributed by atoms with Gasteiger partial charge in [-0.3, -0.25) is 9.79 Å². The highest BCUT2D eigenvalue weighted by atomic mass is 16.6. The summed E-state index contributed by atoms with van der Waals surface area (Å²) < 4.78 is 5.20. The van der Waals surface area contributed by atoms with Crippen molar-refractivity contribution in [1.29, 1.82) is 0 Å². The van der Waals surface area contributed by atoms with Crippen molar-refractivity contribution in [2.45, 2.75) is 58.6 Å². The van der Waals surface area contributed by atoms with Gasteiger partial charge in [-0.25, -0.2) is 4.79 Å². The van der Waals surface area contributed by atoms with Gasteiger partial charge in [0.2, 0.25) is 5.91 Å². The number of carbonyl (C=O) groups is 2. The molecular weight excluding hydrogens is 382 g/mol. The van der Waals surface area contributed by atoms with E-state index < -0.39 is 11.7 Å². The summed E-state index contributed by atoms with van der Waals surface area (Å²) in [6, 6.07) is 7.82. The van der Waals surface area contributed by atoms with E-state index in [1.165, 1.54) is 0 Å². The molecule has 0 spiro atoms. The first-order chi connectivity index (χ1) is 14.3. The number of nitrogens with one attached hydrogen (secondary N) is 4. The summed E-state index contributed by atoms with van der Waals surface area (Å²) in [7, 11) is 1.71. The maximum Gasteiger partial charge on any atom is 0.407 e. The molecule has 2 rings (SSSR count).